The fourth-order valence-corrected chi connectivity index (χ4v) is 6.95. The minimum atomic E-state index is -3.78. The minimum absolute atomic E-state index is 0.114. The molecule has 5 rings (SSSR count). The van der Waals surface area contributed by atoms with Gasteiger partial charge in [0.2, 0.25) is 0 Å². The molecule has 0 saturated carbocycles. The van der Waals surface area contributed by atoms with E-state index in [1.165, 1.54) is 52.0 Å². The highest BCUT2D eigenvalue weighted by molar-refractivity contribution is 7.92. The Hall–Kier alpha value is -3.34. The number of anilines is 1. The number of halogens is 1. The van der Waals surface area contributed by atoms with Gasteiger partial charge in [0.15, 0.2) is 4.80 Å². The normalized spacial score (nSPS) is 14.3. The Labute approximate surface area is 212 Å². The number of benzene rings is 3. The Morgan fingerprint density at radius 3 is 2.67 bits per heavy atom. The van der Waals surface area contributed by atoms with Gasteiger partial charge in [0, 0.05) is 25.8 Å². The van der Waals surface area contributed by atoms with E-state index in [-0.39, 0.29) is 16.3 Å². The van der Waals surface area contributed by atoms with Crippen LogP contribution in [-0.4, -0.2) is 39.2 Å². The molecule has 7 nitrogen and oxygen atoms in total. The van der Waals surface area contributed by atoms with Gasteiger partial charge in [-0.05, 0) is 66.9 Å². The van der Waals surface area contributed by atoms with Gasteiger partial charge in [-0.15, -0.1) is 0 Å². The molecule has 4 aromatic rings. The first-order valence-corrected chi connectivity index (χ1v) is 13.7. The number of rotatable bonds is 6. The van der Waals surface area contributed by atoms with Crippen LogP contribution >= 0.6 is 11.3 Å². The van der Waals surface area contributed by atoms with Crippen LogP contribution in [0, 0.1) is 5.82 Å². The fraction of sp³-hybridized carbons (Fsp3) is 0.231. The lowest BCUT2D eigenvalue weighted by Gasteiger charge is -2.30. The molecule has 0 unspecified atom stereocenters. The molecule has 1 aromatic heterocycles. The zero-order valence-corrected chi connectivity index (χ0v) is 21.2. The molecule has 0 aliphatic carbocycles. The van der Waals surface area contributed by atoms with Crippen molar-refractivity contribution in [3.8, 4) is 0 Å². The molecule has 0 atom stereocenters. The molecule has 1 aliphatic rings. The molecular formula is C26H24FN3O4S2. The van der Waals surface area contributed by atoms with E-state index in [9.17, 15) is 17.6 Å². The average molecular weight is 526 g/mol. The summed E-state index contributed by atoms with van der Waals surface area (Å²) in [4.78, 5) is 17.8. The molecule has 1 amide bonds. The Balaban J connectivity index is 1.46. The van der Waals surface area contributed by atoms with Crippen molar-refractivity contribution in [1.82, 2.24) is 4.57 Å². The molecule has 0 radical (unpaired) electrons. The standard InChI is InChI=1S/C26H24FN3O4S2/c1-34-16-15-29-23-13-10-20(27)17-24(23)35-26(29)28-25(31)19-8-11-21(12-9-19)36(32,33)30-14-4-6-18-5-2-3-7-22(18)30/h2-3,5,7-13,17H,4,6,14-16H2,1H3. The Morgan fingerprint density at radius 2 is 1.89 bits per heavy atom. The van der Waals surface area contributed by atoms with Gasteiger partial charge in [0.05, 0.1) is 27.4 Å². The summed E-state index contributed by atoms with van der Waals surface area (Å²) in [6, 6.07) is 17.8. The van der Waals surface area contributed by atoms with Gasteiger partial charge in [-0.3, -0.25) is 9.10 Å². The largest absolute Gasteiger partial charge is 0.383 e. The first-order valence-electron chi connectivity index (χ1n) is 11.5. The van der Waals surface area contributed by atoms with Crippen LogP contribution < -0.4 is 9.11 Å². The lowest BCUT2D eigenvalue weighted by atomic mass is 10.0. The number of hydrogen-bond acceptors (Lipinski definition) is 5. The molecule has 10 heteroatoms. The van der Waals surface area contributed by atoms with E-state index in [1.54, 1.807) is 13.2 Å². The molecule has 0 saturated heterocycles. The number of fused-ring (bicyclic) bond motifs is 2. The van der Waals surface area contributed by atoms with E-state index in [2.05, 4.69) is 4.99 Å². The molecule has 3 aromatic carbocycles. The van der Waals surface area contributed by atoms with Crippen molar-refractivity contribution >= 4 is 43.2 Å². The number of ether oxygens (including phenoxy) is 1. The van der Waals surface area contributed by atoms with E-state index in [4.69, 9.17) is 4.74 Å². The maximum atomic E-state index is 13.7. The summed E-state index contributed by atoms with van der Waals surface area (Å²) in [6.45, 7) is 1.25. The Bertz CT molecular complexity index is 1610. The third-order valence-corrected chi connectivity index (χ3v) is 8.99. The molecule has 0 bridgehead atoms. The summed E-state index contributed by atoms with van der Waals surface area (Å²) in [7, 11) is -2.20. The van der Waals surface area contributed by atoms with Crippen LogP contribution in [-0.2, 0) is 27.7 Å². The second-order valence-electron chi connectivity index (χ2n) is 8.39. The number of para-hydroxylation sites is 1. The highest BCUT2D eigenvalue weighted by atomic mass is 32.2. The highest BCUT2D eigenvalue weighted by Crippen LogP contribution is 2.31. The van der Waals surface area contributed by atoms with E-state index < -0.39 is 15.9 Å². The van der Waals surface area contributed by atoms with Crippen LogP contribution in [0.3, 0.4) is 0 Å². The summed E-state index contributed by atoms with van der Waals surface area (Å²) in [6.07, 6.45) is 1.58. The summed E-state index contributed by atoms with van der Waals surface area (Å²) < 4.78 is 49.6. The van der Waals surface area contributed by atoms with Gasteiger partial charge >= 0.3 is 0 Å². The first kappa shape index (κ1) is 24.4. The number of amides is 1. The lowest BCUT2D eigenvalue weighted by molar-refractivity contribution is 0.0997. The van der Waals surface area contributed by atoms with Crippen molar-refractivity contribution < 1.29 is 22.3 Å². The van der Waals surface area contributed by atoms with Crippen LogP contribution in [0.15, 0.2) is 76.6 Å². The topological polar surface area (TPSA) is 81.0 Å². The smallest absolute Gasteiger partial charge is 0.279 e. The van der Waals surface area contributed by atoms with Crippen molar-refractivity contribution in [3.63, 3.8) is 0 Å². The SMILES string of the molecule is COCCn1c(=NC(=O)c2ccc(S(=O)(=O)N3CCCc4ccccc43)cc2)sc2cc(F)ccc21. The van der Waals surface area contributed by atoms with Crippen LogP contribution in [0.5, 0.6) is 0 Å². The number of methoxy groups -OCH3 is 1. The van der Waals surface area contributed by atoms with Crippen LogP contribution in [0.1, 0.15) is 22.3 Å². The Morgan fingerprint density at radius 1 is 1.11 bits per heavy atom. The van der Waals surface area contributed by atoms with E-state index in [1.807, 2.05) is 28.8 Å². The number of carbonyl (C=O) groups excluding carboxylic acids is 1. The predicted octanol–water partition coefficient (Wildman–Crippen LogP) is 4.37. The second-order valence-corrected chi connectivity index (χ2v) is 11.3. The zero-order valence-electron chi connectivity index (χ0n) is 19.6. The summed E-state index contributed by atoms with van der Waals surface area (Å²) >= 11 is 1.21. The highest BCUT2D eigenvalue weighted by Gasteiger charge is 2.29. The van der Waals surface area contributed by atoms with Crippen LogP contribution in [0.2, 0.25) is 0 Å². The third-order valence-electron chi connectivity index (χ3n) is 6.12. The maximum absolute atomic E-state index is 13.7. The summed E-state index contributed by atoms with van der Waals surface area (Å²) in [5.41, 5.74) is 2.71. The lowest BCUT2D eigenvalue weighted by Crippen LogP contribution is -2.35. The number of sulfonamides is 1. The van der Waals surface area contributed by atoms with Crippen molar-refractivity contribution in [2.75, 3.05) is 24.6 Å². The van der Waals surface area contributed by atoms with Gasteiger partial charge in [-0.1, -0.05) is 29.5 Å². The zero-order chi connectivity index (χ0) is 25.3. The first-order chi connectivity index (χ1) is 17.4. The van der Waals surface area contributed by atoms with E-state index in [0.717, 1.165) is 23.9 Å². The number of hydrogen-bond donors (Lipinski definition) is 0. The Kier molecular flexibility index (Phi) is 6.74. The maximum Gasteiger partial charge on any atom is 0.279 e. The molecule has 0 fully saturated rings. The van der Waals surface area contributed by atoms with Gasteiger partial charge in [-0.2, -0.15) is 4.99 Å². The van der Waals surface area contributed by atoms with Gasteiger partial charge in [0.1, 0.15) is 5.82 Å². The molecule has 1 aliphatic heterocycles. The number of thiazole rings is 1. The van der Waals surface area contributed by atoms with Crippen LogP contribution in [0.4, 0.5) is 10.1 Å². The quantitative estimate of drug-likeness (QED) is 0.374. The summed E-state index contributed by atoms with van der Waals surface area (Å²) in [5.74, 6) is -0.880. The van der Waals surface area contributed by atoms with E-state index in [0.29, 0.717) is 34.9 Å². The molecule has 186 valence electrons. The molecule has 0 spiro atoms. The molecular weight excluding hydrogens is 501 g/mol. The van der Waals surface area contributed by atoms with E-state index >= 15 is 0 Å². The number of aryl methyl sites for hydroxylation is 1. The average Bonchev–Trinajstić information content (AvgIpc) is 3.22. The van der Waals surface area contributed by atoms with Gasteiger partial charge in [0.25, 0.3) is 15.9 Å². The number of nitrogens with zero attached hydrogens (tertiary/aromatic N) is 3. The fourth-order valence-electron chi connectivity index (χ4n) is 4.33. The van der Waals surface area contributed by atoms with Crippen molar-refractivity contribution in [3.05, 3.63) is 88.5 Å². The van der Waals surface area contributed by atoms with Gasteiger partial charge < -0.3 is 9.30 Å². The number of aromatic nitrogens is 1. The van der Waals surface area contributed by atoms with Crippen molar-refractivity contribution in [2.24, 2.45) is 4.99 Å². The second kappa shape index (κ2) is 9.96. The molecule has 2 heterocycles. The number of carbonyl (C=O) groups is 1. The third kappa shape index (κ3) is 4.59. The monoisotopic (exact) mass is 525 g/mol. The van der Waals surface area contributed by atoms with Crippen molar-refractivity contribution in [2.45, 2.75) is 24.3 Å². The predicted molar refractivity (Wildman–Crippen MR) is 137 cm³/mol. The summed E-state index contributed by atoms with van der Waals surface area (Å²) in [5, 5.41) is 0. The minimum Gasteiger partial charge on any atom is -0.383 e. The molecule has 36 heavy (non-hydrogen) atoms. The van der Waals surface area contributed by atoms with Gasteiger partial charge in [-0.25, -0.2) is 12.8 Å². The van der Waals surface area contributed by atoms with Crippen LogP contribution in [0.25, 0.3) is 10.2 Å². The molecule has 0 N–H and O–H groups in total. The van der Waals surface area contributed by atoms with Crippen molar-refractivity contribution in [1.29, 1.82) is 0 Å².